The highest BCUT2D eigenvalue weighted by Crippen LogP contribution is 2.53. The number of rotatable bonds is 1. The van der Waals surface area contributed by atoms with Crippen molar-refractivity contribution in [3.8, 4) is 17.2 Å². The van der Waals surface area contributed by atoms with Crippen LogP contribution >= 0.6 is 15.9 Å². The van der Waals surface area contributed by atoms with Crippen LogP contribution in [0.5, 0.6) is 17.2 Å². The van der Waals surface area contributed by atoms with Gasteiger partial charge >= 0.3 is 0 Å². The first-order valence-electron chi connectivity index (χ1n) is 5.22. The number of ether oxygens (including phenoxy) is 2. The molecule has 1 aromatic rings. The van der Waals surface area contributed by atoms with E-state index in [4.69, 9.17) is 15.2 Å². The van der Waals surface area contributed by atoms with E-state index >= 15 is 0 Å². The Balaban J connectivity index is 2.22. The summed E-state index contributed by atoms with van der Waals surface area (Å²) in [5.74, 6) is 1.42. The number of phenolic OH excluding ortho intramolecular Hbond substituents is 1. The average Bonchev–Trinajstić information content (AvgIpc) is 2.63. The third-order valence-electron chi connectivity index (χ3n) is 3.33. The molecule has 0 spiro atoms. The maximum Gasteiger partial charge on any atom is 0.231 e. The zero-order chi connectivity index (χ0) is 11.3. The minimum Gasteiger partial charge on any atom is -0.506 e. The molecule has 5 heteroatoms. The zero-order valence-electron chi connectivity index (χ0n) is 8.62. The number of benzene rings is 1. The second-order valence-corrected chi connectivity index (χ2v) is 5.18. The molecule has 1 fully saturated rings. The van der Waals surface area contributed by atoms with Gasteiger partial charge in [0.15, 0.2) is 11.5 Å². The molecule has 0 aromatic heterocycles. The maximum atomic E-state index is 10.1. The van der Waals surface area contributed by atoms with Gasteiger partial charge in [-0.2, -0.15) is 0 Å². The summed E-state index contributed by atoms with van der Waals surface area (Å²) in [5, 5.41) is 10.1. The Labute approximate surface area is 101 Å². The van der Waals surface area contributed by atoms with E-state index in [0.29, 0.717) is 21.5 Å². The molecule has 0 amide bonds. The molecule has 1 saturated carbocycles. The van der Waals surface area contributed by atoms with Crippen LogP contribution in [0.1, 0.15) is 24.8 Å². The summed E-state index contributed by atoms with van der Waals surface area (Å²) >= 11 is 3.30. The first kappa shape index (κ1) is 10.2. The highest BCUT2D eigenvalue weighted by atomic mass is 79.9. The third-order valence-corrected chi connectivity index (χ3v) is 3.94. The van der Waals surface area contributed by atoms with Gasteiger partial charge in [0.25, 0.3) is 0 Å². The van der Waals surface area contributed by atoms with Crippen molar-refractivity contribution in [3.05, 3.63) is 16.1 Å². The number of nitrogens with two attached hydrogens (primary N) is 1. The molecule has 0 unspecified atom stereocenters. The lowest BCUT2D eigenvalue weighted by Crippen LogP contribution is -2.43. The predicted octanol–water partition coefficient (Wildman–Crippen LogP) is 2.22. The molecule has 0 atom stereocenters. The largest absolute Gasteiger partial charge is 0.506 e. The molecular weight excluding hydrogens is 274 g/mol. The van der Waals surface area contributed by atoms with E-state index in [1.807, 2.05) is 0 Å². The van der Waals surface area contributed by atoms with Crippen molar-refractivity contribution in [2.24, 2.45) is 5.73 Å². The predicted molar refractivity (Wildman–Crippen MR) is 61.6 cm³/mol. The lowest BCUT2D eigenvalue weighted by Gasteiger charge is -2.39. The third kappa shape index (κ3) is 1.25. The van der Waals surface area contributed by atoms with Gasteiger partial charge in [-0.1, -0.05) is 0 Å². The quantitative estimate of drug-likeness (QED) is 0.831. The topological polar surface area (TPSA) is 64.7 Å². The van der Waals surface area contributed by atoms with Gasteiger partial charge < -0.3 is 20.3 Å². The van der Waals surface area contributed by atoms with E-state index in [1.165, 1.54) is 0 Å². The van der Waals surface area contributed by atoms with Crippen LogP contribution in [0.4, 0.5) is 0 Å². The number of hydrogen-bond acceptors (Lipinski definition) is 4. The highest BCUT2D eigenvalue weighted by molar-refractivity contribution is 9.10. The Morgan fingerprint density at radius 2 is 2.12 bits per heavy atom. The van der Waals surface area contributed by atoms with Gasteiger partial charge in [-0.25, -0.2) is 0 Å². The molecule has 1 aromatic carbocycles. The van der Waals surface area contributed by atoms with Crippen LogP contribution in [0.2, 0.25) is 0 Å². The summed E-state index contributed by atoms with van der Waals surface area (Å²) in [6.07, 6.45) is 2.82. The Morgan fingerprint density at radius 3 is 2.75 bits per heavy atom. The van der Waals surface area contributed by atoms with Crippen LogP contribution in [0.25, 0.3) is 0 Å². The molecule has 0 radical (unpaired) electrons. The molecule has 3 rings (SSSR count). The number of hydrogen-bond donors (Lipinski definition) is 2. The van der Waals surface area contributed by atoms with Crippen molar-refractivity contribution >= 4 is 15.9 Å². The summed E-state index contributed by atoms with van der Waals surface area (Å²) in [5.41, 5.74) is 6.47. The fraction of sp³-hybridized carbons (Fsp3) is 0.455. The van der Waals surface area contributed by atoms with Crippen molar-refractivity contribution in [2.45, 2.75) is 24.8 Å². The van der Waals surface area contributed by atoms with Crippen molar-refractivity contribution in [1.29, 1.82) is 0 Å². The van der Waals surface area contributed by atoms with Crippen molar-refractivity contribution in [1.82, 2.24) is 0 Å². The number of aromatic hydroxyl groups is 1. The van der Waals surface area contributed by atoms with E-state index in [2.05, 4.69) is 15.9 Å². The maximum absolute atomic E-state index is 10.1. The lowest BCUT2D eigenvalue weighted by molar-refractivity contribution is 0.168. The van der Waals surface area contributed by atoms with E-state index < -0.39 is 5.54 Å². The van der Waals surface area contributed by atoms with E-state index in [1.54, 1.807) is 6.07 Å². The lowest BCUT2D eigenvalue weighted by atomic mass is 9.72. The highest BCUT2D eigenvalue weighted by Gasteiger charge is 2.42. The summed E-state index contributed by atoms with van der Waals surface area (Å²) in [6, 6.07) is 1.71. The van der Waals surface area contributed by atoms with Gasteiger partial charge in [0.05, 0.1) is 10.0 Å². The van der Waals surface area contributed by atoms with Gasteiger partial charge in [0.1, 0.15) is 5.75 Å². The van der Waals surface area contributed by atoms with E-state index in [0.717, 1.165) is 19.3 Å². The fourth-order valence-electron chi connectivity index (χ4n) is 2.27. The van der Waals surface area contributed by atoms with Gasteiger partial charge in [-0.3, -0.25) is 0 Å². The summed E-state index contributed by atoms with van der Waals surface area (Å²) < 4.78 is 11.3. The molecule has 1 aliphatic carbocycles. The minimum atomic E-state index is -0.467. The second-order valence-electron chi connectivity index (χ2n) is 4.33. The molecule has 2 aliphatic rings. The van der Waals surface area contributed by atoms with Crippen LogP contribution in [-0.4, -0.2) is 11.9 Å². The average molecular weight is 286 g/mol. The van der Waals surface area contributed by atoms with Gasteiger partial charge in [-0.15, -0.1) is 0 Å². The smallest absolute Gasteiger partial charge is 0.231 e. The molecule has 1 heterocycles. The van der Waals surface area contributed by atoms with Gasteiger partial charge in [0.2, 0.25) is 6.79 Å². The van der Waals surface area contributed by atoms with E-state index in [-0.39, 0.29) is 12.5 Å². The Bertz CT molecular complexity index is 457. The molecular formula is C11H12BrNO3. The summed E-state index contributed by atoms with van der Waals surface area (Å²) in [4.78, 5) is 0. The number of phenols is 1. The first-order valence-corrected chi connectivity index (χ1v) is 6.01. The van der Waals surface area contributed by atoms with Gasteiger partial charge in [-0.05, 0) is 35.2 Å². The number of fused-ring (bicyclic) bond motifs is 1. The van der Waals surface area contributed by atoms with Crippen LogP contribution in [0.15, 0.2) is 10.5 Å². The Hall–Kier alpha value is -0.940. The van der Waals surface area contributed by atoms with Crippen molar-refractivity contribution in [3.63, 3.8) is 0 Å². The molecule has 3 N–H and O–H groups in total. The fourth-order valence-corrected chi connectivity index (χ4v) is 2.68. The zero-order valence-corrected chi connectivity index (χ0v) is 10.2. The molecule has 1 aliphatic heterocycles. The van der Waals surface area contributed by atoms with Gasteiger partial charge in [0, 0.05) is 11.6 Å². The standard InChI is InChI=1S/C11H12BrNO3/c12-6-4-7-10(16-5-15-7)8(9(6)14)11(13)2-1-3-11/h4,14H,1-3,5,13H2. The monoisotopic (exact) mass is 285 g/mol. The number of halogens is 1. The van der Waals surface area contributed by atoms with Crippen LogP contribution < -0.4 is 15.2 Å². The molecule has 0 saturated heterocycles. The van der Waals surface area contributed by atoms with Crippen LogP contribution in [0.3, 0.4) is 0 Å². The Morgan fingerprint density at radius 1 is 1.38 bits per heavy atom. The van der Waals surface area contributed by atoms with Crippen LogP contribution in [0, 0.1) is 0 Å². The summed E-state index contributed by atoms with van der Waals surface area (Å²) in [7, 11) is 0. The molecule has 0 bridgehead atoms. The van der Waals surface area contributed by atoms with Crippen molar-refractivity contribution in [2.75, 3.05) is 6.79 Å². The normalized spacial score (nSPS) is 20.6. The molecule has 86 valence electrons. The second kappa shape index (κ2) is 3.28. The van der Waals surface area contributed by atoms with Crippen LogP contribution in [-0.2, 0) is 5.54 Å². The SMILES string of the molecule is NC1(c2c(O)c(Br)cc3c2OCO3)CCC1. The van der Waals surface area contributed by atoms with E-state index in [9.17, 15) is 5.11 Å². The first-order chi connectivity index (χ1) is 7.62. The van der Waals surface area contributed by atoms with Crippen molar-refractivity contribution < 1.29 is 14.6 Å². The Kier molecular flexibility index (Phi) is 2.09. The minimum absolute atomic E-state index is 0.173. The molecule has 16 heavy (non-hydrogen) atoms. The molecule has 4 nitrogen and oxygen atoms in total. The summed E-state index contributed by atoms with van der Waals surface area (Å²) in [6.45, 7) is 0.189.